The Hall–Kier alpha value is -0.490. The summed E-state index contributed by atoms with van der Waals surface area (Å²) in [5, 5.41) is 8.53. The molecule has 0 radical (unpaired) electrons. The van der Waals surface area contributed by atoms with Crippen molar-refractivity contribution < 1.29 is 4.79 Å². The van der Waals surface area contributed by atoms with Crippen molar-refractivity contribution in [2.75, 3.05) is 11.5 Å². The summed E-state index contributed by atoms with van der Waals surface area (Å²) in [6, 6.07) is 2.11. The van der Waals surface area contributed by atoms with Crippen LogP contribution in [0.15, 0.2) is 0 Å². The van der Waals surface area contributed by atoms with E-state index < -0.39 is 0 Å². The minimum absolute atomic E-state index is 0.0389. The molecule has 0 spiro atoms. The van der Waals surface area contributed by atoms with Crippen molar-refractivity contribution in [1.29, 1.82) is 5.26 Å². The number of nitriles is 1. The Balaban J connectivity index is 1.69. The lowest BCUT2D eigenvalue weighted by Gasteiger charge is -2.56. The zero-order valence-corrected chi connectivity index (χ0v) is 11.0. The molecule has 0 saturated heterocycles. The first-order valence-corrected chi connectivity index (χ1v) is 7.85. The number of carbonyl (C=O) groups is 1. The van der Waals surface area contributed by atoms with Gasteiger partial charge >= 0.3 is 0 Å². The number of carbonyl (C=O) groups excluding carboxylic acids is 1. The van der Waals surface area contributed by atoms with Crippen molar-refractivity contribution in [3.05, 3.63) is 0 Å². The van der Waals surface area contributed by atoms with E-state index in [1.54, 1.807) is 0 Å². The summed E-state index contributed by atoms with van der Waals surface area (Å²) in [7, 11) is 0. The van der Waals surface area contributed by atoms with E-state index in [1.165, 1.54) is 31.0 Å². The Morgan fingerprint density at radius 2 is 1.71 bits per heavy atom. The summed E-state index contributed by atoms with van der Waals surface area (Å²) in [6.45, 7) is 0. The smallest absolute Gasteiger partial charge is 0.148 e. The van der Waals surface area contributed by atoms with Crippen LogP contribution in [0.4, 0.5) is 0 Å². The highest BCUT2D eigenvalue weighted by Gasteiger charge is 2.53. The van der Waals surface area contributed by atoms with Crippen LogP contribution in [0.2, 0.25) is 0 Å². The normalized spacial score (nSPS) is 42.4. The quantitative estimate of drug-likeness (QED) is 0.719. The third-order valence-electron chi connectivity index (χ3n) is 5.03. The van der Waals surface area contributed by atoms with Gasteiger partial charge in [-0.25, -0.2) is 0 Å². The highest BCUT2D eigenvalue weighted by molar-refractivity contribution is 8.00. The second-order valence-electron chi connectivity index (χ2n) is 6.27. The van der Waals surface area contributed by atoms with E-state index in [2.05, 4.69) is 6.07 Å². The fourth-order valence-electron chi connectivity index (χ4n) is 4.79. The molecule has 0 N–H and O–H groups in total. The van der Waals surface area contributed by atoms with Crippen molar-refractivity contribution >= 4 is 17.5 Å². The molecule has 3 heteroatoms. The van der Waals surface area contributed by atoms with Gasteiger partial charge in [-0.3, -0.25) is 4.79 Å². The van der Waals surface area contributed by atoms with Gasteiger partial charge in [-0.1, -0.05) is 0 Å². The van der Waals surface area contributed by atoms with E-state index in [4.69, 9.17) is 5.26 Å². The molecule has 0 amide bonds. The Labute approximate surface area is 107 Å². The topological polar surface area (TPSA) is 40.9 Å². The Morgan fingerprint density at radius 1 is 1.18 bits per heavy atom. The molecular weight excluding hydrogens is 230 g/mol. The van der Waals surface area contributed by atoms with Crippen LogP contribution >= 0.6 is 11.8 Å². The van der Waals surface area contributed by atoms with Gasteiger partial charge < -0.3 is 0 Å². The average Bonchev–Trinajstić information content (AvgIpc) is 2.27. The van der Waals surface area contributed by atoms with Crippen molar-refractivity contribution in [3.8, 4) is 6.07 Å². The number of Topliss-reactive ketones (excluding diaryl/α,β-unsaturated/α-hetero) is 1. The Morgan fingerprint density at radius 3 is 2.18 bits per heavy atom. The fourth-order valence-corrected chi connectivity index (χ4v) is 5.48. The van der Waals surface area contributed by atoms with Crippen molar-refractivity contribution in [1.82, 2.24) is 0 Å². The van der Waals surface area contributed by atoms with Crippen molar-refractivity contribution in [2.24, 2.45) is 23.2 Å². The monoisotopic (exact) mass is 249 g/mol. The summed E-state index contributed by atoms with van der Waals surface area (Å²) >= 11 is 1.50. The first-order valence-electron chi connectivity index (χ1n) is 6.70. The van der Waals surface area contributed by atoms with Gasteiger partial charge in [0.15, 0.2) is 0 Å². The minimum Gasteiger partial charge on any atom is -0.298 e. The van der Waals surface area contributed by atoms with E-state index >= 15 is 0 Å². The molecule has 4 fully saturated rings. The number of hydrogen-bond donors (Lipinski definition) is 0. The maximum Gasteiger partial charge on any atom is 0.148 e. The molecule has 0 aliphatic heterocycles. The van der Waals surface area contributed by atoms with Crippen LogP contribution in [0.3, 0.4) is 0 Å². The molecule has 4 saturated carbocycles. The summed E-state index contributed by atoms with van der Waals surface area (Å²) in [4.78, 5) is 12.4. The molecule has 4 rings (SSSR count). The van der Waals surface area contributed by atoms with Gasteiger partial charge in [-0.15, -0.1) is 11.8 Å². The highest BCUT2D eigenvalue weighted by Crippen LogP contribution is 2.60. The van der Waals surface area contributed by atoms with E-state index in [9.17, 15) is 4.79 Å². The molecule has 0 unspecified atom stereocenters. The van der Waals surface area contributed by atoms with Gasteiger partial charge in [0.25, 0.3) is 0 Å². The predicted molar refractivity (Wildman–Crippen MR) is 68.6 cm³/mol. The lowest BCUT2D eigenvalue weighted by molar-refractivity contribution is -0.141. The standard InChI is InChI=1S/C14H19NOS/c15-1-2-17-9-13(16)14-6-10-3-11(7-14)5-12(4-10)8-14/h10-12H,2-9H2. The van der Waals surface area contributed by atoms with Crippen LogP contribution in [-0.4, -0.2) is 17.3 Å². The van der Waals surface area contributed by atoms with Gasteiger partial charge in [0.2, 0.25) is 0 Å². The molecule has 92 valence electrons. The zero-order chi connectivity index (χ0) is 11.9. The minimum atomic E-state index is 0.0389. The summed E-state index contributed by atoms with van der Waals surface area (Å²) in [6.07, 6.45) is 7.63. The lowest BCUT2D eigenvalue weighted by atomic mass is 9.48. The zero-order valence-electron chi connectivity index (χ0n) is 10.2. The van der Waals surface area contributed by atoms with Gasteiger partial charge in [-0.2, -0.15) is 5.26 Å². The summed E-state index contributed by atoms with van der Waals surface area (Å²) in [5.74, 6) is 4.00. The van der Waals surface area contributed by atoms with Gasteiger partial charge in [0.05, 0.1) is 17.6 Å². The Bertz CT molecular complexity index is 336. The molecular formula is C14H19NOS. The second-order valence-corrected chi connectivity index (χ2v) is 7.26. The van der Waals surface area contributed by atoms with Gasteiger partial charge in [-0.05, 0) is 56.3 Å². The maximum atomic E-state index is 12.4. The van der Waals surface area contributed by atoms with E-state index in [-0.39, 0.29) is 5.41 Å². The molecule has 4 aliphatic carbocycles. The first-order chi connectivity index (χ1) is 8.22. The maximum absolute atomic E-state index is 12.4. The third kappa shape index (κ3) is 2.01. The van der Waals surface area contributed by atoms with Crippen LogP contribution in [-0.2, 0) is 4.79 Å². The molecule has 4 aliphatic rings. The van der Waals surface area contributed by atoms with Gasteiger partial charge in [0, 0.05) is 5.41 Å². The molecule has 2 nitrogen and oxygen atoms in total. The van der Waals surface area contributed by atoms with Gasteiger partial charge in [0.1, 0.15) is 5.78 Å². The SMILES string of the molecule is N#CCSCC(=O)C12CC3CC(CC(C3)C1)C2. The van der Waals surface area contributed by atoms with Crippen LogP contribution in [0.5, 0.6) is 0 Å². The van der Waals surface area contributed by atoms with Crippen LogP contribution < -0.4 is 0 Å². The second kappa shape index (κ2) is 4.31. The van der Waals surface area contributed by atoms with E-state index in [0.29, 0.717) is 17.3 Å². The summed E-state index contributed by atoms with van der Waals surface area (Å²) in [5.41, 5.74) is 0.0389. The number of ketones is 1. The first kappa shape index (κ1) is 11.6. The third-order valence-corrected chi connectivity index (χ3v) is 5.83. The van der Waals surface area contributed by atoms with E-state index in [1.807, 2.05) is 0 Å². The summed E-state index contributed by atoms with van der Waals surface area (Å²) < 4.78 is 0. The molecule has 0 aromatic heterocycles. The predicted octanol–water partition coefficient (Wildman–Crippen LogP) is 3.03. The molecule has 17 heavy (non-hydrogen) atoms. The average molecular weight is 249 g/mol. The van der Waals surface area contributed by atoms with Crippen LogP contribution in [0.1, 0.15) is 38.5 Å². The van der Waals surface area contributed by atoms with Crippen LogP contribution in [0.25, 0.3) is 0 Å². The molecule has 0 heterocycles. The molecule has 0 aromatic carbocycles. The largest absolute Gasteiger partial charge is 0.298 e. The number of nitrogens with zero attached hydrogens (tertiary/aromatic N) is 1. The molecule has 0 aromatic rings. The highest BCUT2D eigenvalue weighted by atomic mass is 32.2. The van der Waals surface area contributed by atoms with Crippen molar-refractivity contribution in [2.45, 2.75) is 38.5 Å². The fraction of sp³-hybridized carbons (Fsp3) is 0.857. The van der Waals surface area contributed by atoms with Crippen LogP contribution in [0, 0.1) is 34.5 Å². The number of hydrogen-bond acceptors (Lipinski definition) is 3. The lowest BCUT2D eigenvalue weighted by Crippen LogP contribution is -2.50. The number of thioether (sulfide) groups is 1. The molecule has 4 bridgehead atoms. The van der Waals surface area contributed by atoms with Crippen molar-refractivity contribution in [3.63, 3.8) is 0 Å². The Kier molecular flexibility index (Phi) is 2.94. The number of rotatable bonds is 4. The van der Waals surface area contributed by atoms with E-state index in [0.717, 1.165) is 37.0 Å². The molecule has 0 atom stereocenters.